The second-order valence-electron chi connectivity index (χ2n) is 5.00. The molecule has 1 aromatic carbocycles. The van der Waals surface area contributed by atoms with Crippen LogP contribution in [0, 0.1) is 0 Å². The first-order valence-corrected chi connectivity index (χ1v) is 8.96. The van der Waals surface area contributed by atoms with E-state index in [1.807, 2.05) is 0 Å². The molecule has 144 valence electrons. The first-order chi connectivity index (χ1) is 12.6. The second-order valence-corrected chi connectivity index (χ2v) is 6.90. The zero-order chi connectivity index (χ0) is 20.0. The maximum atomic E-state index is 12.5. The maximum Gasteiger partial charge on any atom is 0.417 e. The summed E-state index contributed by atoms with van der Waals surface area (Å²) in [6, 6.07) is 7.43. The quantitative estimate of drug-likeness (QED) is 0.523. The lowest BCUT2D eigenvalue weighted by Gasteiger charge is -2.10. The number of hydrogen-bond donors (Lipinski definition) is 1. The summed E-state index contributed by atoms with van der Waals surface area (Å²) < 4.78 is 42.4. The van der Waals surface area contributed by atoms with Gasteiger partial charge in [-0.3, -0.25) is 9.59 Å². The van der Waals surface area contributed by atoms with Gasteiger partial charge >= 0.3 is 12.1 Å². The van der Waals surface area contributed by atoms with Crippen molar-refractivity contribution in [3.8, 4) is 0 Å². The van der Waals surface area contributed by atoms with Crippen molar-refractivity contribution in [1.29, 1.82) is 0 Å². The molecule has 5 nitrogen and oxygen atoms in total. The number of ether oxygens (including phenoxy) is 1. The van der Waals surface area contributed by atoms with Gasteiger partial charge in [0.2, 0.25) is 0 Å². The number of alkyl halides is 3. The SMILES string of the molecule is O=C(COC(=O)CSc1ccc(Cl)cc1)Nc1ncc(C(F)(F)F)cc1Cl. The number of carbonyl (C=O) groups is 2. The summed E-state index contributed by atoms with van der Waals surface area (Å²) in [5.41, 5.74) is -1.05. The normalized spacial score (nSPS) is 11.1. The molecule has 0 saturated heterocycles. The van der Waals surface area contributed by atoms with E-state index >= 15 is 0 Å². The van der Waals surface area contributed by atoms with Gasteiger partial charge in [0.1, 0.15) is 0 Å². The standard InChI is InChI=1S/C16H11Cl2F3N2O3S/c17-10-1-3-11(4-2-10)27-8-14(25)26-7-13(24)23-15-12(18)5-9(6-22-15)16(19,20)21/h1-6H,7-8H2,(H,22,23,24). The number of amides is 1. The highest BCUT2D eigenvalue weighted by molar-refractivity contribution is 8.00. The van der Waals surface area contributed by atoms with E-state index in [9.17, 15) is 22.8 Å². The minimum Gasteiger partial charge on any atom is -0.455 e. The molecule has 0 aliphatic carbocycles. The molecular weight excluding hydrogens is 428 g/mol. The predicted octanol–water partition coefficient (Wildman–Crippen LogP) is 4.68. The molecule has 0 aliphatic heterocycles. The fraction of sp³-hybridized carbons (Fsp3) is 0.188. The molecule has 1 aromatic heterocycles. The van der Waals surface area contributed by atoms with Crippen LogP contribution >= 0.6 is 35.0 Å². The van der Waals surface area contributed by atoms with Crippen molar-refractivity contribution in [2.75, 3.05) is 17.7 Å². The van der Waals surface area contributed by atoms with Crippen molar-refractivity contribution in [1.82, 2.24) is 4.98 Å². The van der Waals surface area contributed by atoms with Crippen LogP contribution in [0.4, 0.5) is 19.0 Å². The Bertz CT molecular complexity index is 833. The van der Waals surface area contributed by atoms with E-state index in [1.54, 1.807) is 24.3 Å². The summed E-state index contributed by atoms with van der Waals surface area (Å²) in [5.74, 6) is -1.72. The Morgan fingerprint density at radius 1 is 1.19 bits per heavy atom. The molecule has 11 heteroatoms. The molecule has 0 radical (unpaired) electrons. The Morgan fingerprint density at radius 2 is 1.85 bits per heavy atom. The fourth-order valence-electron chi connectivity index (χ4n) is 1.71. The fourth-order valence-corrected chi connectivity index (χ4v) is 2.75. The number of benzene rings is 1. The molecule has 2 aromatic rings. The highest BCUT2D eigenvalue weighted by Gasteiger charge is 2.31. The average Bonchev–Trinajstić information content (AvgIpc) is 2.60. The van der Waals surface area contributed by atoms with Gasteiger partial charge in [0.25, 0.3) is 5.91 Å². The van der Waals surface area contributed by atoms with Crippen LogP contribution in [-0.2, 0) is 20.5 Å². The Kier molecular flexibility index (Phi) is 7.34. The topological polar surface area (TPSA) is 68.3 Å². The van der Waals surface area contributed by atoms with Crippen molar-refractivity contribution in [2.45, 2.75) is 11.1 Å². The van der Waals surface area contributed by atoms with Crippen LogP contribution in [0.2, 0.25) is 10.0 Å². The molecule has 1 amide bonds. The van der Waals surface area contributed by atoms with Crippen molar-refractivity contribution in [2.24, 2.45) is 0 Å². The minimum atomic E-state index is -4.60. The number of esters is 1. The molecule has 1 heterocycles. The minimum absolute atomic E-state index is 0.0335. The summed E-state index contributed by atoms with van der Waals surface area (Å²) in [5, 5.41) is 2.35. The number of carbonyl (C=O) groups excluding carboxylic acids is 2. The summed E-state index contributed by atoms with van der Waals surface area (Å²) in [7, 11) is 0. The summed E-state index contributed by atoms with van der Waals surface area (Å²) >= 11 is 12.6. The second kappa shape index (κ2) is 9.29. The van der Waals surface area contributed by atoms with Gasteiger partial charge < -0.3 is 10.1 Å². The average molecular weight is 439 g/mol. The molecule has 0 spiro atoms. The monoisotopic (exact) mass is 438 g/mol. The summed E-state index contributed by atoms with van der Waals surface area (Å²) in [6.07, 6.45) is -4.06. The third kappa shape index (κ3) is 6.93. The van der Waals surface area contributed by atoms with E-state index in [1.165, 1.54) is 11.8 Å². The zero-order valence-electron chi connectivity index (χ0n) is 13.3. The smallest absolute Gasteiger partial charge is 0.417 e. The van der Waals surface area contributed by atoms with Gasteiger partial charge in [-0.15, -0.1) is 11.8 Å². The van der Waals surface area contributed by atoms with Gasteiger partial charge in [-0.2, -0.15) is 13.2 Å². The zero-order valence-corrected chi connectivity index (χ0v) is 15.7. The molecule has 1 N–H and O–H groups in total. The maximum absolute atomic E-state index is 12.5. The van der Waals surface area contributed by atoms with Crippen LogP contribution in [0.1, 0.15) is 5.56 Å². The number of rotatable bonds is 6. The summed E-state index contributed by atoms with van der Waals surface area (Å²) in [4.78, 5) is 27.6. The number of nitrogens with one attached hydrogen (secondary N) is 1. The van der Waals surface area contributed by atoms with Gasteiger partial charge in [-0.25, -0.2) is 4.98 Å². The van der Waals surface area contributed by atoms with Crippen LogP contribution in [0.15, 0.2) is 41.4 Å². The van der Waals surface area contributed by atoms with Crippen molar-refractivity contribution < 1.29 is 27.5 Å². The number of anilines is 1. The first-order valence-electron chi connectivity index (χ1n) is 7.22. The molecule has 0 aliphatic rings. The molecule has 0 unspecified atom stereocenters. The van der Waals surface area contributed by atoms with Crippen LogP contribution in [0.5, 0.6) is 0 Å². The molecule has 0 bridgehead atoms. The van der Waals surface area contributed by atoms with E-state index < -0.39 is 30.2 Å². The van der Waals surface area contributed by atoms with Gasteiger partial charge in [0.15, 0.2) is 12.4 Å². The number of nitrogens with zero attached hydrogens (tertiary/aromatic N) is 1. The highest BCUT2D eigenvalue weighted by atomic mass is 35.5. The Morgan fingerprint density at radius 3 is 2.44 bits per heavy atom. The van der Waals surface area contributed by atoms with E-state index in [2.05, 4.69) is 10.3 Å². The third-order valence-corrected chi connectivity index (χ3v) is 4.49. The van der Waals surface area contributed by atoms with E-state index in [-0.39, 0.29) is 16.6 Å². The van der Waals surface area contributed by atoms with Crippen LogP contribution in [0.25, 0.3) is 0 Å². The van der Waals surface area contributed by atoms with Gasteiger partial charge in [0.05, 0.1) is 16.3 Å². The molecule has 27 heavy (non-hydrogen) atoms. The number of thioether (sulfide) groups is 1. The van der Waals surface area contributed by atoms with Crippen molar-refractivity contribution in [3.05, 3.63) is 52.1 Å². The highest BCUT2D eigenvalue weighted by Crippen LogP contribution is 2.32. The van der Waals surface area contributed by atoms with E-state index in [0.29, 0.717) is 17.3 Å². The van der Waals surface area contributed by atoms with Crippen LogP contribution < -0.4 is 5.32 Å². The lowest BCUT2D eigenvalue weighted by molar-refractivity contribution is -0.144. The van der Waals surface area contributed by atoms with Gasteiger partial charge in [-0.1, -0.05) is 23.2 Å². The van der Waals surface area contributed by atoms with Crippen molar-refractivity contribution in [3.63, 3.8) is 0 Å². The number of halogens is 5. The molecule has 0 saturated carbocycles. The van der Waals surface area contributed by atoms with Gasteiger partial charge in [-0.05, 0) is 30.3 Å². The number of aromatic nitrogens is 1. The molecular formula is C16H11Cl2F3N2O3S. The Hall–Kier alpha value is -1.97. The lowest BCUT2D eigenvalue weighted by Crippen LogP contribution is -2.22. The Labute approximate surface area is 166 Å². The van der Waals surface area contributed by atoms with Crippen LogP contribution in [0.3, 0.4) is 0 Å². The largest absolute Gasteiger partial charge is 0.455 e. The van der Waals surface area contributed by atoms with Crippen LogP contribution in [-0.4, -0.2) is 29.2 Å². The van der Waals surface area contributed by atoms with Crippen molar-refractivity contribution >= 4 is 52.7 Å². The summed E-state index contributed by atoms with van der Waals surface area (Å²) in [6.45, 7) is -0.626. The Balaban J connectivity index is 1.80. The van der Waals surface area contributed by atoms with Gasteiger partial charge in [0, 0.05) is 16.1 Å². The molecule has 0 atom stereocenters. The molecule has 2 rings (SSSR count). The number of hydrogen-bond acceptors (Lipinski definition) is 5. The lowest BCUT2D eigenvalue weighted by atomic mass is 10.3. The van der Waals surface area contributed by atoms with E-state index in [0.717, 1.165) is 4.90 Å². The number of pyridine rings is 1. The van der Waals surface area contributed by atoms with E-state index in [4.69, 9.17) is 27.9 Å². The molecule has 0 fully saturated rings. The first kappa shape index (κ1) is 21.3. The predicted molar refractivity (Wildman–Crippen MR) is 96.0 cm³/mol. The third-order valence-electron chi connectivity index (χ3n) is 2.96.